The van der Waals surface area contributed by atoms with Crippen molar-refractivity contribution in [2.75, 3.05) is 43.4 Å². The third-order valence-electron chi connectivity index (χ3n) is 7.97. The van der Waals surface area contributed by atoms with E-state index in [4.69, 9.17) is 16.4 Å². The molecule has 0 radical (unpaired) electrons. The molecule has 0 amide bonds. The Morgan fingerprint density at radius 1 is 1.16 bits per heavy atom. The Labute approximate surface area is 222 Å². The SMILES string of the molecule is C#CCn1c(=O)c2cnc(Nc3ccc(N4CCN(C)CC4)cc3)nc2n1C1CC=C2CCCC(C)C2=N1. The average Bonchev–Trinajstić information content (AvgIpc) is 3.20. The number of benzene rings is 1. The van der Waals surface area contributed by atoms with E-state index in [0.717, 1.165) is 50.4 Å². The lowest BCUT2D eigenvalue weighted by molar-refractivity contribution is 0.313. The summed E-state index contributed by atoms with van der Waals surface area (Å²) in [7, 11) is 2.16. The van der Waals surface area contributed by atoms with E-state index in [1.807, 2.05) is 16.8 Å². The van der Waals surface area contributed by atoms with Gasteiger partial charge in [-0.05, 0) is 62.1 Å². The Bertz CT molecular complexity index is 1500. The molecule has 0 spiro atoms. The number of fused-ring (bicyclic) bond motifs is 2. The van der Waals surface area contributed by atoms with Gasteiger partial charge in [-0.2, -0.15) is 4.98 Å². The van der Waals surface area contributed by atoms with E-state index in [9.17, 15) is 4.79 Å². The van der Waals surface area contributed by atoms with Crippen molar-refractivity contribution < 1.29 is 0 Å². The molecule has 2 fully saturated rings. The topological polar surface area (TPSA) is 83.6 Å². The summed E-state index contributed by atoms with van der Waals surface area (Å²) in [6, 6.07) is 8.33. The molecule has 3 aromatic rings. The van der Waals surface area contributed by atoms with Gasteiger partial charge in [-0.1, -0.05) is 18.9 Å². The number of rotatable bonds is 5. The first-order chi connectivity index (χ1) is 18.5. The smallest absolute Gasteiger partial charge is 0.278 e. The summed E-state index contributed by atoms with van der Waals surface area (Å²) in [4.78, 5) is 32.4. The van der Waals surface area contributed by atoms with Crippen LogP contribution in [-0.2, 0) is 6.54 Å². The number of likely N-dealkylation sites (N-methyl/N-ethyl adjacent to an activating group) is 1. The van der Waals surface area contributed by atoms with Crippen LogP contribution in [0.2, 0.25) is 0 Å². The van der Waals surface area contributed by atoms with E-state index in [1.165, 1.54) is 17.7 Å². The predicted octanol–water partition coefficient (Wildman–Crippen LogP) is 3.81. The number of dihydropyridines is 1. The maximum Gasteiger partial charge on any atom is 0.278 e. The second-order valence-corrected chi connectivity index (χ2v) is 10.6. The highest BCUT2D eigenvalue weighted by Crippen LogP contribution is 2.34. The van der Waals surface area contributed by atoms with Crippen LogP contribution in [0.4, 0.5) is 17.3 Å². The number of aromatic nitrogens is 4. The van der Waals surface area contributed by atoms with E-state index >= 15 is 0 Å². The molecule has 2 aliphatic heterocycles. The number of piperazine rings is 1. The maximum absolute atomic E-state index is 13.3. The van der Waals surface area contributed by atoms with Crippen LogP contribution in [-0.4, -0.2) is 63.2 Å². The Morgan fingerprint density at radius 3 is 2.71 bits per heavy atom. The average molecular weight is 511 g/mol. The van der Waals surface area contributed by atoms with Crippen LogP contribution in [0.25, 0.3) is 11.0 Å². The number of anilines is 3. The minimum absolute atomic E-state index is 0.152. The molecule has 2 aromatic heterocycles. The second-order valence-electron chi connectivity index (χ2n) is 10.6. The molecule has 9 nitrogen and oxygen atoms in total. The van der Waals surface area contributed by atoms with Gasteiger partial charge >= 0.3 is 0 Å². The molecule has 1 aliphatic carbocycles. The third kappa shape index (κ3) is 4.50. The number of allylic oxidation sites excluding steroid dienone is 1. The minimum atomic E-state index is -0.265. The van der Waals surface area contributed by atoms with Crippen LogP contribution in [0.15, 0.2) is 51.9 Å². The van der Waals surface area contributed by atoms with E-state index in [2.05, 4.69) is 58.2 Å². The highest BCUT2D eigenvalue weighted by Gasteiger charge is 2.29. The lowest BCUT2D eigenvalue weighted by Gasteiger charge is -2.34. The van der Waals surface area contributed by atoms with Crippen molar-refractivity contribution in [1.82, 2.24) is 24.2 Å². The molecule has 2 atom stereocenters. The number of nitrogens with zero attached hydrogens (tertiary/aromatic N) is 7. The molecule has 1 saturated heterocycles. The monoisotopic (exact) mass is 510 g/mol. The number of aliphatic imine (C=N–C) groups is 1. The first kappa shape index (κ1) is 24.4. The van der Waals surface area contributed by atoms with Crippen LogP contribution in [0.5, 0.6) is 0 Å². The van der Waals surface area contributed by atoms with Gasteiger partial charge < -0.3 is 15.1 Å². The van der Waals surface area contributed by atoms with Gasteiger partial charge in [-0.3, -0.25) is 9.79 Å². The van der Waals surface area contributed by atoms with Crippen molar-refractivity contribution in [1.29, 1.82) is 0 Å². The fourth-order valence-electron chi connectivity index (χ4n) is 5.81. The van der Waals surface area contributed by atoms with Crippen molar-refractivity contribution in [3.05, 3.63) is 52.5 Å². The summed E-state index contributed by atoms with van der Waals surface area (Å²) in [6.45, 7) is 6.57. The van der Waals surface area contributed by atoms with Crippen molar-refractivity contribution in [3.63, 3.8) is 0 Å². The zero-order valence-electron chi connectivity index (χ0n) is 22.1. The van der Waals surface area contributed by atoms with Crippen LogP contribution >= 0.6 is 0 Å². The van der Waals surface area contributed by atoms with Crippen molar-refractivity contribution in [2.24, 2.45) is 10.9 Å². The Kier molecular flexibility index (Phi) is 6.50. The normalized spacial score (nSPS) is 22.0. The van der Waals surface area contributed by atoms with Gasteiger partial charge in [0.2, 0.25) is 5.95 Å². The van der Waals surface area contributed by atoms with Crippen LogP contribution < -0.4 is 15.8 Å². The van der Waals surface area contributed by atoms with Crippen molar-refractivity contribution in [2.45, 2.75) is 45.3 Å². The van der Waals surface area contributed by atoms with E-state index in [1.54, 1.807) is 10.9 Å². The summed E-state index contributed by atoms with van der Waals surface area (Å²) in [6.07, 6.45) is 13.4. The third-order valence-corrected chi connectivity index (χ3v) is 7.97. The number of hydrogen-bond donors (Lipinski definition) is 1. The molecule has 3 aliphatic rings. The quantitative estimate of drug-likeness (QED) is 0.526. The molecule has 1 saturated carbocycles. The van der Waals surface area contributed by atoms with Gasteiger partial charge in [0.15, 0.2) is 5.65 Å². The van der Waals surface area contributed by atoms with Crippen molar-refractivity contribution >= 4 is 34.1 Å². The molecular weight excluding hydrogens is 476 g/mol. The molecule has 196 valence electrons. The Morgan fingerprint density at radius 2 is 1.95 bits per heavy atom. The van der Waals surface area contributed by atoms with Gasteiger partial charge in [0.05, 0.1) is 0 Å². The van der Waals surface area contributed by atoms with E-state index in [0.29, 0.717) is 29.3 Å². The minimum Gasteiger partial charge on any atom is -0.369 e. The number of terminal acetylenes is 1. The molecule has 4 heterocycles. The van der Waals surface area contributed by atoms with Crippen LogP contribution in [0.1, 0.15) is 38.8 Å². The standard InChI is InChI=1S/C29H34N8O/c1-4-14-36-28(38)24-19-30-29(31-22-9-11-23(12-10-22)35-17-15-34(3)16-18-35)33-27(24)37(36)25-13-8-21-7-5-6-20(2)26(21)32-25/h1,8-12,19-20,25H,5-7,13-18H2,2-3H3,(H,30,31,33). The molecule has 1 N–H and O–H groups in total. The van der Waals surface area contributed by atoms with Gasteiger partial charge in [0.1, 0.15) is 18.1 Å². The maximum atomic E-state index is 13.3. The fourth-order valence-corrected chi connectivity index (χ4v) is 5.81. The van der Waals surface area contributed by atoms with Gasteiger partial charge in [-0.25, -0.2) is 14.3 Å². The highest BCUT2D eigenvalue weighted by atomic mass is 16.1. The largest absolute Gasteiger partial charge is 0.369 e. The Hall–Kier alpha value is -3.90. The molecule has 0 bridgehead atoms. The first-order valence-corrected chi connectivity index (χ1v) is 13.5. The summed E-state index contributed by atoms with van der Waals surface area (Å²) in [5, 5.41) is 3.76. The summed E-state index contributed by atoms with van der Waals surface area (Å²) in [5.41, 5.74) is 4.96. The molecular formula is C29H34N8O. The summed E-state index contributed by atoms with van der Waals surface area (Å²) >= 11 is 0. The van der Waals surface area contributed by atoms with E-state index < -0.39 is 0 Å². The molecule has 38 heavy (non-hydrogen) atoms. The molecule has 9 heteroatoms. The second kappa shape index (κ2) is 10.1. The zero-order chi connectivity index (χ0) is 26.2. The first-order valence-electron chi connectivity index (χ1n) is 13.5. The lowest BCUT2D eigenvalue weighted by Crippen LogP contribution is -2.44. The van der Waals surface area contributed by atoms with Crippen LogP contribution in [0.3, 0.4) is 0 Å². The molecule has 2 unspecified atom stereocenters. The predicted molar refractivity (Wildman–Crippen MR) is 152 cm³/mol. The zero-order valence-corrected chi connectivity index (χ0v) is 22.1. The highest BCUT2D eigenvalue weighted by molar-refractivity contribution is 6.02. The van der Waals surface area contributed by atoms with Crippen LogP contribution in [0, 0.1) is 18.3 Å². The lowest BCUT2D eigenvalue weighted by atomic mass is 9.83. The molecule has 1 aromatic carbocycles. The number of nitrogens with one attached hydrogen (secondary N) is 1. The fraction of sp³-hybridized carbons (Fsp3) is 0.448. The summed E-state index contributed by atoms with van der Waals surface area (Å²) in [5.74, 6) is 3.47. The van der Waals surface area contributed by atoms with Crippen molar-refractivity contribution in [3.8, 4) is 12.3 Å². The van der Waals surface area contributed by atoms with Gasteiger partial charge in [0, 0.05) is 55.9 Å². The van der Waals surface area contributed by atoms with E-state index in [-0.39, 0.29) is 18.3 Å². The van der Waals surface area contributed by atoms with Gasteiger partial charge in [-0.15, -0.1) is 6.42 Å². The number of hydrogen-bond acceptors (Lipinski definition) is 7. The van der Waals surface area contributed by atoms with Gasteiger partial charge in [0.25, 0.3) is 5.56 Å². The Balaban J connectivity index is 1.31. The molecule has 6 rings (SSSR count). The summed E-state index contributed by atoms with van der Waals surface area (Å²) < 4.78 is 3.46.